The summed E-state index contributed by atoms with van der Waals surface area (Å²) in [4.78, 5) is 0. The smallest absolute Gasteiger partial charge is 0.284 e. The lowest BCUT2D eigenvalue weighted by Crippen LogP contribution is -2.40. The molecule has 0 amide bonds. The Hall–Kier alpha value is -0.220. The van der Waals surface area contributed by atoms with Crippen LogP contribution in [-0.4, -0.2) is 42.6 Å². The van der Waals surface area contributed by atoms with Crippen LogP contribution in [-0.2, 0) is 20.2 Å². The van der Waals surface area contributed by atoms with E-state index in [9.17, 15) is 16.8 Å². The fourth-order valence-electron chi connectivity index (χ4n) is 3.03. The number of nitrogens with one attached hydrogen (secondary N) is 1. The molecule has 0 aromatic rings. The van der Waals surface area contributed by atoms with Crippen molar-refractivity contribution in [1.29, 1.82) is 0 Å². The Kier molecular flexibility index (Phi) is 8.43. The molecule has 138 valence electrons. The zero-order valence-corrected chi connectivity index (χ0v) is 15.3. The SMILES string of the molecule is C1CCC(NC2CCCCC2)CC1.CC(S(=O)(=O)O)S(=O)(=O)O. The van der Waals surface area contributed by atoms with Crippen LogP contribution in [0.4, 0.5) is 0 Å². The van der Waals surface area contributed by atoms with E-state index in [2.05, 4.69) is 5.32 Å². The summed E-state index contributed by atoms with van der Waals surface area (Å²) in [6, 6.07) is 1.74. The van der Waals surface area contributed by atoms with E-state index in [1.54, 1.807) is 0 Å². The molecule has 2 rings (SSSR count). The van der Waals surface area contributed by atoms with E-state index in [4.69, 9.17) is 9.11 Å². The Bertz CT molecular complexity index is 486. The second kappa shape index (κ2) is 9.31. The monoisotopic (exact) mass is 371 g/mol. The van der Waals surface area contributed by atoms with Crippen molar-refractivity contribution in [2.75, 3.05) is 0 Å². The van der Waals surface area contributed by atoms with Crippen molar-refractivity contribution >= 4 is 20.2 Å². The highest BCUT2D eigenvalue weighted by molar-refractivity contribution is 8.03. The molecule has 2 aliphatic rings. The van der Waals surface area contributed by atoms with Crippen molar-refractivity contribution in [2.24, 2.45) is 0 Å². The third kappa shape index (κ3) is 8.44. The molecular formula is C14H29NO6S2. The predicted molar refractivity (Wildman–Crippen MR) is 89.4 cm³/mol. The molecule has 0 unspecified atom stereocenters. The molecule has 0 bridgehead atoms. The Labute approximate surface area is 139 Å². The van der Waals surface area contributed by atoms with Gasteiger partial charge in [0.25, 0.3) is 20.2 Å². The van der Waals surface area contributed by atoms with Gasteiger partial charge < -0.3 is 5.32 Å². The summed E-state index contributed by atoms with van der Waals surface area (Å²) in [5, 5.41) is 3.86. The van der Waals surface area contributed by atoms with Gasteiger partial charge in [-0.1, -0.05) is 38.5 Å². The summed E-state index contributed by atoms with van der Waals surface area (Å²) >= 11 is 0. The van der Waals surface area contributed by atoms with E-state index in [1.165, 1.54) is 64.2 Å². The van der Waals surface area contributed by atoms with Crippen molar-refractivity contribution in [2.45, 2.75) is 87.8 Å². The van der Waals surface area contributed by atoms with E-state index in [0.717, 1.165) is 12.1 Å². The lowest BCUT2D eigenvalue weighted by Gasteiger charge is -2.30. The number of hydrogen-bond donors (Lipinski definition) is 3. The quantitative estimate of drug-likeness (QED) is 0.649. The average molecular weight is 372 g/mol. The van der Waals surface area contributed by atoms with Crippen LogP contribution in [0.3, 0.4) is 0 Å². The third-order valence-corrected chi connectivity index (χ3v) is 7.66. The molecule has 0 aromatic carbocycles. The highest BCUT2D eigenvalue weighted by Crippen LogP contribution is 2.22. The first-order valence-electron chi connectivity index (χ1n) is 8.29. The minimum absolute atomic E-state index is 0.657. The van der Waals surface area contributed by atoms with Crippen LogP contribution in [0.25, 0.3) is 0 Å². The van der Waals surface area contributed by atoms with Crippen LogP contribution in [0.2, 0.25) is 0 Å². The van der Waals surface area contributed by atoms with Gasteiger partial charge in [0.1, 0.15) is 0 Å². The molecule has 23 heavy (non-hydrogen) atoms. The first kappa shape index (κ1) is 20.8. The second-order valence-corrected chi connectivity index (χ2v) is 10.2. The van der Waals surface area contributed by atoms with Crippen LogP contribution in [0, 0.1) is 0 Å². The van der Waals surface area contributed by atoms with Gasteiger partial charge in [-0.05, 0) is 32.6 Å². The van der Waals surface area contributed by atoms with Crippen LogP contribution in [0.1, 0.15) is 71.1 Å². The molecule has 0 aliphatic heterocycles. The predicted octanol–water partition coefficient (Wildman–Crippen LogP) is 2.35. The van der Waals surface area contributed by atoms with Crippen molar-refractivity contribution in [3.05, 3.63) is 0 Å². The van der Waals surface area contributed by atoms with Gasteiger partial charge in [-0.2, -0.15) is 16.8 Å². The van der Waals surface area contributed by atoms with E-state index in [0.29, 0.717) is 6.92 Å². The van der Waals surface area contributed by atoms with Crippen molar-refractivity contribution in [1.82, 2.24) is 5.32 Å². The molecule has 0 aromatic heterocycles. The Balaban J connectivity index is 0.000000241. The Morgan fingerprint density at radius 3 is 1.26 bits per heavy atom. The van der Waals surface area contributed by atoms with Gasteiger partial charge in [-0.3, -0.25) is 9.11 Å². The van der Waals surface area contributed by atoms with Crippen LogP contribution in [0.15, 0.2) is 0 Å². The maximum atomic E-state index is 9.99. The second-order valence-electron chi connectivity index (χ2n) is 6.43. The van der Waals surface area contributed by atoms with E-state index < -0.39 is 24.8 Å². The molecule has 9 heteroatoms. The van der Waals surface area contributed by atoms with Crippen molar-refractivity contribution < 1.29 is 25.9 Å². The first-order valence-corrected chi connectivity index (χ1v) is 11.3. The van der Waals surface area contributed by atoms with Crippen molar-refractivity contribution in [3.8, 4) is 0 Å². The van der Waals surface area contributed by atoms with Gasteiger partial charge in [-0.15, -0.1) is 0 Å². The van der Waals surface area contributed by atoms with Crippen LogP contribution in [0.5, 0.6) is 0 Å². The third-order valence-electron chi connectivity index (χ3n) is 4.52. The number of rotatable bonds is 4. The molecule has 2 saturated carbocycles. The highest BCUT2D eigenvalue weighted by atomic mass is 32.3. The molecule has 7 nitrogen and oxygen atoms in total. The minimum Gasteiger partial charge on any atom is -0.311 e. The van der Waals surface area contributed by atoms with Gasteiger partial charge >= 0.3 is 0 Å². The average Bonchev–Trinajstić information content (AvgIpc) is 2.47. The largest absolute Gasteiger partial charge is 0.311 e. The van der Waals surface area contributed by atoms with Crippen molar-refractivity contribution in [3.63, 3.8) is 0 Å². The standard InChI is InChI=1S/C12H23N.C2H6O6S2/c1-3-7-11(8-4-1)13-12-9-5-2-6-10-12;1-2(9(3,4)5)10(6,7)8/h11-13H,1-10H2;2H,1H3,(H,3,4,5)(H,6,7,8). The summed E-state index contributed by atoms with van der Waals surface area (Å²) in [5.41, 5.74) is 0. The molecule has 3 N–H and O–H groups in total. The summed E-state index contributed by atoms with van der Waals surface area (Å²) in [5.74, 6) is 0. The maximum absolute atomic E-state index is 9.99. The van der Waals surface area contributed by atoms with E-state index >= 15 is 0 Å². The van der Waals surface area contributed by atoms with Gasteiger partial charge in [0.15, 0.2) is 0 Å². The molecule has 0 saturated heterocycles. The fraction of sp³-hybridized carbons (Fsp3) is 1.00. The Morgan fingerprint density at radius 2 is 1.04 bits per heavy atom. The van der Waals surface area contributed by atoms with Gasteiger partial charge in [-0.25, -0.2) is 0 Å². The molecule has 0 spiro atoms. The minimum atomic E-state index is -4.70. The summed E-state index contributed by atoms with van der Waals surface area (Å²) < 4.78 is 53.9. The summed E-state index contributed by atoms with van der Waals surface area (Å²) in [6.45, 7) is 0.657. The van der Waals surface area contributed by atoms with Gasteiger partial charge in [0.2, 0.25) is 4.58 Å². The topological polar surface area (TPSA) is 121 Å². The Morgan fingerprint density at radius 1 is 0.739 bits per heavy atom. The first-order chi connectivity index (χ1) is 10.6. The molecule has 2 fully saturated rings. The normalized spacial score (nSPS) is 21.7. The molecule has 0 heterocycles. The zero-order valence-electron chi connectivity index (χ0n) is 13.6. The molecule has 0 radical (unpaired) electrons. The highest BCUT2D eigenvalue weighted by Gasteiger charge is 2.29. The summed E-state index contributed by atoms with van der Waals surface area (Å²) in [6.07, 6.45) is 14.6. The van der Waals surface area contributed by atoms with Gasteiger partial charge in [0.05, 0.1) is 0 Å². The zero-order chi connectivity index (χ0) is 17.5. The van der Waals surface area contributed by atoms with E-state index in [-0.39, 0.29) is 0 Å². The van der Waals surface area contributed by atoms with Crippen LogP contribution < -0.4 is 5.32 Å². The summed E-state index contributed by atoms with van der Waals surface area (Å²) in [7, 11) is -9.40. The maximum Gasteiger partial charge on any atom is 0.284 e. The lowest BCUT2D eigenvalue weighted by molar-refractivity contribution is 0.291. The molecular weight excluding hydrogens is 342 g/mol. The van der Waals surface area contributed by atoms with Crippen LogP contribution >= 0.6 is 0 Å². The molecule has 0 atom stereocenters. The fourth-order valence-corrected chi connectivity index (χ4v) is 4.25. The van der Waals surface area contributed by atoms with Gasteiger partial charge in [0, 0.05) is 12.1 Å². The number of hydrogen-bond acceptors (Lipinski definition) is 5. The molecule has 2 aliphatic carbocycles. The lowest BCUT2D eigenvalue weighted by atomic mass is 9.91. The van der Waals surface area contributed by atoms with E-state index in [1.807, 2.05) is 0 Å².